The van der Waals surface area contributed by atoms with E-state index in [1.165, 1.54) is 0 Å². The van der Waals surface area contributed by atoms with E-state index in [1.807, 2.05) is 16.6 Å². The predicted octanol–water partition coefficient (Wildman–Crippen LogP) is 0.842. The van der Waals surface area contributed by atoms with Gasteiger partial charge in [0.1, 0.15) is 6.10 Å². The van der Waals surface area contributed by atoms with Crippen LogP contribution in [0.4, 0.5) is 0 Å². The fourth-order valence-electron chi connectivity index (χ4n) is 3.32. The molecule has 1 saturated heterocycles. The van der Waals surface area contributed by atoms with Gasteiger partial charge in [-0.25, -0.2) is 0 Å². The highest BCUT2D eigenvalue weighted by molar-refractivity contribution is 5.81. The van der Waals surface area contributed by atoms with Crippen LogP contribution in [0.25, 0.3) is 11.6 Å². The highest BCUT2D eigenvalue weighted by Crippen LogP contribution is 2.29. The number of aryl methyl sites for hydroxylation is 2. The van der Waals surface area contributed by atoms with Crippen LogP contribution in [0.2, 0.25) is 0 Å². The van der Waals surface area contributed by atoms with Crippen molar-refractivity contribution in [2.24, 2.45) is 7.05 Å². The second kappa shape index (κ2) is 5.45. The summed E-state index contributed by atoms with van der Waals surface area (Å²) in [5, 5.41) is 8.35. The normalized spacial score (nSPS) is 20.8. The van der Waals surface area contributed by atoms with Crippen molar-refractivity contribution in [1.29, 1.82) is 0 Å². The molecule has 1 unspecified atom stereocenters. The van der Waals surface area contributed by atoms with Gasteiger partial charge in [0.15, 0.2) is 11.5 Å². The van der Waals surface area contributed by atoms with Crippen molar-refractivity contribution in [3.8, 4) is 11.6 Å². The molecule has 0 aliphatic carbocycles. The lowest BCUT2D eigenvalue weighted by atomic mass is 10.0. The number of ether oxygens (including phenoxy) is 1. The Bertz CT molecular complexity index is 744. The number of amides is 1. The van der Waals surface area contributed by atoms with Gasteiger partial charge in [-0.15, -0.1) is 0 Å². The summed E-state index contributed by atoms with van der Waals surface area (Å²) < 4.78 is 12.6. The SMILES string of the molecule is Cc1noc(-c2nn(C)c3c2CN(C(=O)C2CCCO2)CC3)n1. The van der Waals surface area contributed by atoms with Crippen molar-refractivity contribution >= 4 is 5.91 Å². The molecule has 4 rings (SSSR count). The van der Waals surface area contributed by atoms with Gasteiger partial charge in [0.05, 0.1) is 0 Å². The molecule has 1 amide bonds. The highest BCUT2D eigenvalue weighted by Gasteiger charge is 2.33. The number of nitrogens with zero attached hydrogens (tertiary/aromatic N) is 5. The molecule has 1 fully saturated rings. The molecule has 8 nitrogen and oxygen atoms in total. The molecule has 0 saturated carbocycles. The fraction of sp³-hybridized carbons (Fsp3) is 0.600. The van der Waals surface area contributed by atoms with Gasteiger partial charge in [-0.2, -0.15) is 10.1 Å². The first-order valence-electron chi connectivity index (χ1n) is 7.89. The Labute approximate surface area is 133 Å². The van der Waals surface area contributed by atoms with Gasteiger partial charge in [0.2, 0.25) is 0 Å². The first-order valence-corrected chi connectivity index (χ1v) is 7.89. The average molecular weight is 317 g/mol. The van der Waals surface area contributed by atoms with Crippen LogP contribution in [0.1, 0.15) is 29.9 Å². The minimum absolute atomic E-state index is 0.0738. The number of hydrogen-bond acceptors (Lipinski definition) is 6. The van der Waals surface area contributed by atoms with Crippen LogP contribution in [0.3, 0.4) is 0 Å². The minimum Gasteiger partial charge on any atom is -0.368 e. The van der Waals surface area contributed by atoms with Gasteiger partial charge in [0.25, 0.3) is 11.8 Å². The quantitative estimate of drug-likeness (QED) is 0.816. The van der Waals surface area contributed by atoms with Crippen LogP contribution >= 0.6 is 0 Å². The lowest BCUT2D eigenvalue weighted by Crippen LogP contribution is -2.42. The van der Waals surface area contributed by atoms with E-state index in [1.54, 1.807) is 6.92 Å². The minimum atomic E-state index is -0.290. The molecule has 2 aliphatic rings. The van der Waals surface area contributed by atoms with Crippen LogP contribution in [-0.2, 0) is 29.5 Å². The second-order valence-corrected chi connectivity index (χ2v) is 6.06. The van der Waals surface area contributed by atoms with Crippen LogP contribution in [0.15, 0.2) is 4.52 Å². The fourth-order valence-corrected chi connectivity index (χ4v) is 3.32. The Balaban J connectivity index is 1.64. The molecule has 23 heavy (non-hydrogen) atoms. The average Bonchev–Trinajstić information content (AvgIpc) is 3.27. The molecule has 8 heteroatoms. The van der Waals surface area contributed by atoms with E-state index >= 15 is 0 Å². The largest absolute Gasteiger partial charge is 0.368 e. The highest BCUT2D eigenvalue weighted by atomic mass is 16.5. The number of hydrogen-bond donors (Lipinski definition) is 0. The summed E-state index contributed by atoms with van der Waals surface area (Å²) in [5.41, 5.74) is 2.79. The molecule has 0 radical (unpaired) electrons. The monoisotopic (exact) mass is 317 g/mol. The van der Waals surface area contributed by atoms with Gasteiger partial charge >= 0.3 is 0 Å². The standard InChI is InChI=1S/C15H19N5O3/c1-9-16-14(23-18-9)13-10-8-20(6-5-11(10)19(2)17-13)15(21)12-4-3-7-22-12/h12H,3-8H2,1-2H3. The molecule has 2 aliphatic heterocycles. The number of aromatic nitrogens is 4. The van der Waals surface area contributed by atoms with E-state index in [2.05, 4.69) is 15.2 Å². The van der Waals surface area contributed by atoms with Crippen LogP contribution in [-0.4, -0.2) is 50.0 Å². The summed E-state index contributed by atoms with van der Waals surface area (Å²) in [6.45, 7) is 3.65. The van der Waals surface area contributed by atoms with Gasteiger partial charge < -0.3 is 14.2 Å². The van der Waals surface area contributed by atoms with E-state index in [0.29, 0.717) is 37.1 Å². The van der Waals surface area contributed by atoms with E-state index in [0.717, 1.165) is 30.5 Å². The third-order valence-corrected chi connectivity index (χ3v) is 4.49. The Kier molecular flexibility index (Phi) is 3.41. The third-order valence-electron chi connectivity index (χ3n) is 4.49. The Morgan fingerprint density at radius 1 is 1.39 bits per heavy atom. The van der Waals surface area contributed by atoms with E-state index < -0.39 is 0 Å². The van der Waals surface area contributed by atoms with Crippen molar-refractivity contribution in [2.45, 2.75) is 38.8 Å². The molecular weight excluding hydrogens is 298 g/mol. The molecule has 4 heterocycles. The third kappa shape index (κ3) is 2.42. The summed E-state index contributed by atoms with van der Waals surface area (Å²) in [4.78, 5) is 18.7. The van der Waals surface area contributed by atoms with Gasteiger partial charge in [-0.3, -0.25) is 9.48 Å². The van der Waals surface area contributed by atoms with Crippen LogP contribution in [0, 0.1) is 6.92 Å². The predicted molar refractivity (Wildman–Crippen MR) is 79.3 cm³/mol. The number of carbonyl (C=O) groups is 1. The molecule has 0 aromatic carbocycles. The van der Waals surface area contributed by atoms with Gasteiger partial charge in [-0.1, -0.05) is 5.16 Å². The molecule has 2 aromatic rings. The maximum Gasteiger partial charge on any atom is 0.278 e. The van der Waals surface area contributed by atoms with Gasteiger partial charge in [-0.05, 0) is 19.8 Å². The summed E-state index contributed by atoms with van der Waals surface area (Å²) in [5.74, 6) is 1.05. The molecule has 0 N–H and O–H groups in total. The van der Waals surface area contributed by atoms with Crippen molar-refractivity contribution in [3.05, 3.63) is 17.1 Å². The lowest BCUT2D eigenvalue weighted by molar-refractivity contribution is -0.141. The lowest BCUT2D eigenvalue weighted by Gasteiger charge is -2.29. The second-order valence-electron chi connectivity index (χ2n) is 6.06. The maximum absolute atomic E-state index is 12.6. The first kappa shape index (κ1) is 14.4. The number of rotatable bonds is 2. The number of fused-ring (bicyclic) bond motifs is 1. The van der Waals surface area contributed by atoms with Crippen LogP contribution in [0.5, 0.6) is 0 Å². The van der Waals surface area contributed by atoms with Crippen molar-refractivity contribution in [1.82, 2.24) is 24.8 Å². The zero-order chi connectivity index (χ0) is 16.0. The molecular formula is C15H19N5O3. The number of carbonyl (C=O) groups excluding carboxylic acids is 1. The van der Waals surface area contributed by atoms with Crippen LogP contribution < -0.4 is 0 Å². The summed E-state index contributed by atoms with van der Waals surface area (Å²) >= 11 is 0. The van der Waals surface area contributed by atoms with Crippen molar-refractivity contribution in [3.63, 3.8) is 0 Å². The zero-order valence-corrected chi connectivity index (χ0v) is 13.3. The smallest absolute Gasteiger partial charge is 0.278 e. The first-order chi connectivity index (χ1) is 11.1. The van der Waals surface area contributed by atoms with Crippen molar-refractivity contribution in [2.75, 3.05) is 13.2 Å². The van der Waals surface area contributed by atoms with Gasteiger partial charge in [0, 0.05) is 44.4 Å². The Morgan fingerprint density at radius 2 is 2.26 bits per heavy atom. The maximum atomic E-state index is 12.6. The Hall–Kier alpha value is -2.22. The Morgan fingerprint density at radius 3 is 2.96 bits per heavy atom. The zero-order valence-electron chi connectivity index (χ0n) is 13.3. The summed E-state index contributed by atoms with van der Waals surface area (Å²) in [6.07, 6.45) is 2.24. The van der Waals surface area contributed by atoms with Crippen molar-refractivity contribution < 1.29 is 14.1 Å². The van der Waals surface area contributed by atoms with E-state index in [-0.39, 0.29) is 12.0 Å². The topological polar surface area (TPSA) is 86.3 Å². The summed E-state index contributed by atoms with van der Waals surface area (Å²) in [6, 6.07) is 0. The molecule has 2 aromatic heterocycles. The molecule has 0 bridgehead atoms. The molecule has 1 atom stereocenters. The van der Waals surface area contributed by atoms with E-state index in [4.69, 9.17) is 9.26 Å². The molecule has 122 valence electrons. The molecule has 0 spiro atoms. The summed E-state index contributed by atoms with van der Waals surface area (Å²) in [7, 11) is 1.91. The van der Waals surface area contributed by atoms with E-state index in [9.17, 15) is 4.79 Å².